The zero-order valence-electron chi connectivity index (χ0n) is 24.4. The standard InChI is InChI=1S/C32H27N.C7H9N3/c1-23-12-14-24(15-13-23)20-25-16-18-31-29(21-25)30-22-27(26-8-4-2-5-9-26)17-19-32(30)33(31)28-10-6-3-7-11-28;8-7(10-9)6-4-2-1-3-5-6/h2-12,14-19,21-23H,13,20H2,1H3;1-5H,9H2,(H2,8,10). The summed E-state index contributed by atoms with van der Waals surface area (Å²) in [5, 5.41) is 5.98. The van der Waals surface area contributed by atoms with Crippen molar-refractivity contribution in [3.63, 3.8) is 0 Å². The molecule has 1 aliphatic carbocycles. The van der Waals surface area contributed by atoms with Crippen molar-refractivity contribution in [1.82, 2.24) is 4.57 Å². The van der Waals surface area contributed by atoms with E-state index < -0.39 is 0 Å². The molecule has 0 amide bonds. The van der Waals surface area contributed by atoms with Gasteiger partial charge in [-0.25, -0.2) is 0 Å². The minimum atomic E-state index is 0.362. The van der Waals surface area contributed by atoms with Crippen molar-refractivity contribution >= 4 is 27.6 Å². The van der Waals surface area contributed by atoms with Gasteiger partial charge in [0.2, 0.25) is 0 Å². The summed E-state index contributed by atoms with van der Waals surface area (Å²) < 4.78 is 2.39. The highest BCUT2D eigenvalue weighted by atomic mass is 15.1. The molecule has 1 atom stereocenters. The van der Waals surface area contributed by atoms with Gasteiger partial charge in [0.25, 0.3) is 0 Å². The van der Waals surface area contributed by atoms with Crippen molar-refractivity contribution < 1.29 is 0 Å². The molecule has 4 N–H and O–H groups in total. The van der Waals surface area contributed by atoms with Crippen LogP contribution in [0.25, 0.3) is 38.6 Å². The molecule has 0 saturated carbocycles. The van der Waals surface area contributed by atoms with Gasteiger partial charge in [0.05, 0.1) is 11.0 Å². The van der Waals surface area contributed by atoms with Crippen LogP contribution in [0.3, 0.4) is 0 Å². The van der Waals surface area contributed by atoms with Crippen LogP contribution in [-0.4, -0.2) is 10.4 Å². The van der Waals surface area contributed by atoms with Crippen molar-refractivity contribution in [1.29, 1.82) is 0 Å². The summed E-state index contributed by atoms with van der Waals surface area (Å²) in [7, 11) is 0. The van der Waals surface area contributed by atoms with Gasteiger partial charge < -0.3 is 16.1 Å². The number of rotatable bonds is 5. The largest absolute Gasteiger partial charge is 0.382 e. The fraction of sp³-hybridized carbons (Fsp3) is 0.103. The van der Waals surface area contributed by atoms with Crippen molar-refractivity contribution in [2.75, 3.05) is 0 Å². The normalized spacial score (nSPS) is 14.8. The SMILES string of the molecule is CC1C=CC(Cc2ccc3c(c2)c2cc(-c4ccccc4)ccc2n3-c2ccccc2)=CC1.N/N=C(\N)c1ccccc1. The van der Waals surface area contributed by atoms with E-state index in [4.69, 9.17) is 11.6 Å². The van der Waals surface area contributed by atoms with Crippen LogP contribution < -0.4 is 11.6 Å². The van der Waals surface area contributed by atoms with E-state index in [0.29, 0.717) is 11.8 Å². The molecule has 6 aromatic rings. The second kappa shape index (κ2) is 12.7. The molecule has 0 saturated heterocycles. The summed E-state index contributed by atoms with van der Waals surface area (Å²) in [6.45, 7) is 2.28. The number of hydrogen-bond acceptors (Lipinski definition) is 2. The first kappa shape index (κ1) is 27.8. The maximum atomic E-state index is 5.42. The Morgan fingerprint density at radius 2 is 1.37 bits per heavy atom. The number of allylic oxidation sites excluding steroid dienone is 4. The van der Waals surface area contributed by atoms with Crippen LogP contribution >= 0.6 is 0 Å². The van der Waals surface area contributed by atoms with Crippen LogP contribution in [0.1, 0.15) is 24.5 Å². The molecule has 43 heavy (non-hydrogen) atoms. The van der Waals surface area contributed by atoms with Crippen LogP contribution in [0.2, 0.25) is 0 Å². The molecule has 4 heteroatoms. The number of para-hydroxylation sites is 1. The molecule has 1 aromatic heterocycles. The van der Waals surface area contributed by atoms with E-state index in [9.17, 15) is 0 Å². The molecule has 1 aliphatic rings. The van der Waals surface area contributed by atoms with Gasteiger partial charge in [-0.3, -0.25) is 0 Å². The number of nitrogens with two attached hydrogens (primary N) is 2. The van der Waals surface area contributed by atoms with Gasteiger partial charge in [0.1, 0.15) is 5.84 Å². The molecule has 0 bridgehead atoms. The van der Waals surface area contributed by atoms with Crippen LogP contribution in [0, 0.1) is 5.92 Å². The molecule has 5 aromatic carbocycles. The minimum absolute atomic E-state index is 0.362. The number of nitrogens with zero attached hydrogens (tertiary/aromatic N) is 2. The minimum Gasteiger partial charge on any atom is -0.382 e. The Hall–Kier alpha value is -5.35. The van der Waals surface area contributed by atoms with Crippen molar-refractivity contribution in [3.8, 4) is 16.8 Å². The Morgan fingerprint density at radius 1 is 0.744 bits per heavy atom. The zero-order chi connectivity index (χ0) is 29.6. The molecule has 1 unspecified atom stereocenters. The Morgan fingerprint density at radius 3 is 2.02 bits per heavy atom. The van der Waals surface area contributed by atoms with Gasteiger partial charge in [-0.05, 0) is 77.4 Å². The van der Waals surface area contributed by atoms with E-state index in [0.717, 1.165) is 18.4 Å². The summed E-state index contributed by atoms with van der Waals surface area (Å²) in [4.78, 5) is 0. The number of hydrogen-bond donors (Lipinski definition) is 2. The average Bonchev–Trinajstić information content (AvgIpc) is 3.40. The Balaban J connectivity index is 0.000000281. The highest BCUT2D eigenvalue weighted by Gasteiger charge is 2.14. The lowest BCUT2D eigenvalue weighted by atomic mass is 9.94. The van der Waals surface area contributed by atoms with Crippen molar-refractivity contribution in [2.24, 2.45) is 22.6 Å². The fourth-order valence-electron chi connectivity index (χ4n) is 5.67. The Labute approximate surface area is 253 Å². The summed E-state index contributed by atoms with van der Waals surface area (Å²) in [5.41, 5.74) is 15.3. The monoisotopic (exact) mass is 560 g/mol. The summed E-state index contributed by atoms with van der Waals surface area (Å²) in [5.74, 6) is 5.98. The number of hydrazone groups is 1. The van der Waals surface area contributed by atoms with E-state index in [1.165, 1.54) is 49.8 Å². The number of aromatic nitrogens is 1. The van der Waals surface area contributed by atoms with Gasteiger partial charge in [-0.2, -0.15) is 5.10 Å². The second-order valence-electron chi connectivity index (χ2n) is 11.0. The molecule has 4 nitrogen and oxygen atoms in total. The lowest BCUT2D eigenvalue weighted by Crippen LogP contribution is -2.14. The fourth-order valence-corrected chi connectivity index (χ4v) is 5.67. The summed E-state index contributed by atoms with van der Waals surface area (Å²) in [6, 6.07) is 44.6. The third-order valence-corrected chi connectivity index (χ3v) is 7.96. The average molecular weight is 561 g/mol. The maximum Gasteiger partial charge on any atom is 0.150 e. The van der Waals surface area contributed by atoms with Gasteiger partial charge >= 0.3 is 0 Å². The topological polar surface area (TPSA) is 69.3 Å². The first-order valence-electron chi connectivity index (χ1n) is 14.7. The van der Waals surface area contributed by atoms with Gasteiger partial charge in [0.15, 0.2) is 0 Å². The maximum absolute atomic E-state index is 5.42. The summed E-state index contributed by atoms with van der Waals surface area (Å²) >= 11 is 0. The van der Waals surface area contributed by atoms with Gasteiger partial charge in [-0.1, -0.05) is 116 Å². The van der Waals surface area contributed by atoms with E-state index in [1.807, 2.05) is 30.3 Å². The summed E-state index contributed by atoms with van der Waals surface area (Å²) in [6.07, 6.45) is 9.16. The molecular formula is C39H36N4. The number of fused-ring (bicyclic) bond motifs is 3. The highest BCUT2D eigenvalue weighted by Crippen LogP contribution is 2.36. The van der Waals surface area contributed by atoms with E-state index in [2.05, 4.69) is 132 Å². The van der Waals surface area contributed by atoms with Gasteiger partial charge in [-0.15, -0.1) is 0 Å². The molecule has 0 spiro atoms. The first-order chi connectivity index (χ1) is 21.1. The molecule has 7 rings (SSSR count). The second-order valence-corrected chi connectivity index (χ2v) is 11.0. The van der Waals surface area contributed by atoms with Crippen LogP contribution in [-0.2, 0) is 6.42 Å². The lowest BCUT2D eigenvalue weighted by Gasteiger charge is -2.12. The smallest absolute Gasteiger partial charge is 0.150 e. The highest BCUT2D eigenvalue weighted by molar-refractivity contribution is 6.10. The predicted octanol–water partition coefficient (Wildman–Crippen LogP) is 8.78. The third-order valence-electron chi connectivity index (χ3n) is 7.96. The van der Waals surface area contributed by atoms with Crippen molar-refractivity contribution in [3.05, 3.63) is 162 Å². The predicted molar refractivity (Wildman–Crippen MR) is 182 cm³/mol. The van der Waals surface area contributed by atoms with Crippen molar-refractivity contribution in [2.45, 2.75) is 19.8 Å². The molecule has 0 fully saturated rings. The van der Waals surface area contributed by atoms with Gasteiger partial charge in [0, 0.05) is 22.0 Å². The third kappa shape index (κ3) is 6.14. The Bertz CT molecular complexity index is 1930. The van der Waals surface area contributed by atoms with E-state index in [-0.39, 0.29) is 0 Å². The lowest BCUT2D eigenvalue weighted by molar-refractivity contribution is 0.728. The van der Waals surface area contributed by atoms with E-state index >= 15 is 0 Å². The zero-order valence-corrected chi connectivity index (χ0v) is 24.4. The quantitative estimate of drug-likeness (QED) is 0.0957. The molecule has 0 aliphatic heterocycles. The molecule has 1 heterocycles. The Kier molecular flexibility index (Phi) is 8.19. The number of amidine groups is 1. The number of benzene rings is 5. The van der Waals surface area contributed by atoms with E-state index in [1.54, 1.807) is 0 Å². The van der Waals surface area contributed by atoms with Crippen LogP contribution in [0.5, 0.6) is 0 Å². The van der Waals surface area contributed by atoms with Crippen LogP contribution in [0.4, 0.5) is 0 Å². The molecule has 0 radical (unpaired) electrons. The molecular weight excluding hydrogens is 524 g/mol. The van der Waals surface area contributed by atoms with Crippen LogP contribution in [0.15, 0.2) is 156 Å². The first-order valence-corrected chi connectivity index (χ1v) is 14.7. The molecule has 212 valence electrons.